The standard InChI is InChI=1S/C27H36O7Si/c1-26(2,3)35(19-13-9-7-10-14-19,20-15-11-8-12-16-20)34-22(17-21(29)25(30)31-6)24-23(18-28)32-27(4,5)33-24/h7-16,18,21-24,29H,17H2,1-6H3/t21?,22-,23-,24+/m1/s1. The molecule has 4 atom stereocenters. The number of carbonyl (C=O) groups excluding carboxylic acids is 2. The Morgan fingerprint density at radius 3 is 2.00 bits per heavy atom. The lowest BCUT2D eigenvalue weighted by Gasteiger charge is -2.46. The van der Waals surface area contributed by atoms with Crippen LogP contribution in [0.5, 0.6) is 0 Å². The number of rotatable bonds is 9. The summed E-state index contributed by atoms with van der Waals surface area (Å²) in [4.78, 5) is 24.2. The molecular weight excluding hydrogens is 464 g/mol. The Morgan fingerprint density at radius 2 is 1.57 bits per heavy atom. The van der Waals surface area contributed by atoms with Crippen molar-refractivity contribution in [1.29, 1.82) is 0 Å². The van der Waals surface area contributed by atoms with Gasteiger partial charge in [0.25, 0.3) is 8.32 Å². The molecule has 1 aliphatic rings. The average Bonchev–Trinajstić information content (AvgIpc) is 3.15. The van der Waals surface area contributed by atoms with Crippen LogP contribution in [0.25, 0.3) is 0 Å². The lowest BCUT2D eigenvalue weighted by molar-refractivity contribution is -0.161. The van der Waals surface area contributed by atoms with Crippen LogP contribution in [0, 0.1) is 0 Å². The molecule has 1 fully saturated rings. The Labute approximate surface area is 208 Å². The van der Waals surface area contributed by atoms with E-state index < -0.39 is 44.5 Å². The van der Waals surface area contributed by atoms with Gasteiger partial charge in [0.15, 0.2) is 18.2 Å². The fraction of sp³-hybridized carbons (Fsp3) is 0.481. The molecule has 1 aliphatic heterocycles. The summed E-state index contributed by atoms with van der Waals surface area (Å²) in [5, 5.41) is 12.3. The third-order valence-electron chi connectivity index (χ3n) is 6.34. The van der Waals surface area contributed by atoms with Crippen LogP contribution in [-0.4, -0.2) is 63.0 Å². The van der Waals surface area contributed by atoms with Gasteiger partial charge in [-0.25, -0.2) is 4.79 Å². The largest absolute Gasteiger partial charge is 0.467 e. The maximum Gasteiger partial charge on any atom is 0.334 e. The summed E-state index contributed by atoms with van der Waals surface area (Å²) in [5.41, 5.74) is 0. The maximum atomic E-state index is 12.2. The molecule has 0 aromatic heterocycles. The fourth-order valence-electron chi connectivity index (χ4n) is 4.83. The van der Waals surface area contributed by atoms with E-state index in [2.05, 4.69) is 20.8 Å². The van der Waals surface area contributed by atoms with Crippen molar-refractivity contribution in [3.05, 3.63) is 60.7 Å². The maximum absolute atomic E-state index is 12.2. The lowest BCUT2D eigenvalue weighted by atomic mass is 10.0. The Morgan fingerprint density at radius 1 is 1.06 bits per heavy atom. The van der Waals surface area contributed by atoms with Gasteiger partial charge in [0, 0.05) is 6.42 Å². The van der Waals surface area contributed by atoms with Gasteiger partial charge in [0.05, 0.1) is 13.2 Å². The van der Waals surface area contributed by atoms with Gasteiger partial charge in [-0.3, -0.25) is 0 Å². The molecule has 2 aromatic rings. The summed E-state index contributed by atoms with van der Waals surface area (Å²) in [6, 6.07) is 20.0. The number of aliphatic hydroxyl groups is 1. The molecule has 0 aliphatic carbocycles. The second-order valence-corrected chi connectivity index (χ2v) is 14.5. The Kier molecular flexibility index (Phi) is 8.34. The number of aliphatic hydroxyl groups excluding tert-OH is 1. The minimum Gasteiger partial charge on any atom is -0.467 e. The van der Waals surface area contributed by atoms with E-state index in [1.54, 1.807) is 13.8 Å². The van der Waals surface area contributed by atoms with Gasteiger partial charge in [-0.2, -0.15) is 0 Å². The van der Waals surface area contributed by atoms with Crippen molar-refractivity contribution in [3.8, 4) is 0 Å². The monoisotopic (exact) mass is 500 g/mol. The summed E-state index contributed by atoms with van der Waals surface area (Å²) in [5.74, 6) is -1.80. The van der Waals surface area contributed by atoms with Gasteiger partial charge in [0.2, 0.25) is 0 Å². The van der Waals surface area contributed by atoms with Crippen LogP contribution in [0.2, 0.25) is 5.04 Å². The number of carbonyl (C=O) groups is 2. The van der Waals surface area contributed by atoms with Crippen LogP contribution in [0.3, 0.4) is 0 Å². The van der Waals surface area contributed by atoms with Gasteiger partial charge >= 0.3 is 5.97 Å². The van der Waals surface area contributed by atoms with Gasteiger partial charge in [-0.1, -0.05) is 81.4 Å². The van der Waals surface area contributed by atoms with Crippen molar-refractivity contribution in [3.63, 3.8) is 0 Å². The van der Waals surface area contributed by atoms with Gasteiger partial charge in [-0.05, 0) is 29.3 Å². The fourth-order valence-corrected chi connectivity index (χ4v) is 9.53. The average molecular weight is 501 g/mol. The third-order valence-corrected chi connectivity index (χ3v) is 11.4. The summed E-state index contributed by atoms with van der Waals surface area (Å²) in [6.07, 6.45) is -3.48. The van der Waals surface area contributed by atoms with E-state index in [-0.39, 0.29) is 11.5 Å². The first-order valence-electron chi connectivity index (χ1n) is 11.8. The minimum absolute atomic E-state index is 0.119. The molecule has 2 aromatic carbocycles. The topological polar surface area (TPSA) is 91.3 Å². The van der Waals surface area contributed by atoms with E-state index in [1.165, 1.54) is 7.11 Å². The van der Waals surface area contributed by atoms with Gasteiger partial charge < -0.3 is 28.5 Å². The third kappa shape index (κ3) is 5.73. The Bertz CT molecular complexity index is 948. The van der Waals surface area contributed by atoms with E-state index in [0.29, 0.717) is 6.29 Å². The van der Waals surface area contributed by atoms with Crippen molar-refractivity contribution < 1.29 is 33.3 Å². The van der Waals surface area contributed by atoms with Crippen molar-refractivity contribution >= 4 is 30.9 Å². The van der Waals surface area contributed by atoms with Crippen LogP contribution < -0.4 is 10.4 Å². The number of ether oxygens (including phenoxy) is 3. The molecule has 3 rings (SSSR count). The summed E-state index contributed by atoms with van der Waals surface area (Å²) in [6.45, 7) is 9.82. The summed E-state index contributed by atoms with van der Waals surface area (Å²) in [7, 11) is -1.88. The number of methoxy groups -OCH3 is 1. The quantitative estimate of drug-likeness (QED) is 0.321. The zero-order valence-electron chi connectivity index (χ0n) is 21.3. The molecule has 1 heterocycles. The molecule has 8 heteroatoms. The zero-order valence-corrected chi connectivity index (χ0v) is 22.3. The van der Waals surface area contributed by atoms with Crippen molar-refractivity contribution in [2.75, 3.05) is 7.11 Å². The van der Waals surface area contributed by atoms with E-state index in [9.17, 15) is 14.7 Å². The zero-order chi connectivity index (χ0) is 25.9. The van der Waals surface area contributed by atoms with Gasteiger partial charge in [0.1, 0.15) is 12.2 Å². The molecule has 1 saturated heterocycles. The molecule has 35 heavy (non-hydrogen) atoms. The Hall–Kier alpha value is -2.36. The number of esters is 1. The van der Waals surface area contributed by atoms with Crippen LogP contribution in [0.1, 0.15) is 41.0 Å². The van der Waals surface area contributed by atoms with Crippen LogP contribution in [-0.2, 0) is 28.2 Å². The SMILES string of the molecule is COC(=O)C(O)C[C@@H](O[Si](c1ccccc1)(c1ccccc1)C(C)(C)C)[C@@H]1OC(C)(C)O[C@@H]1C=O. The number of hydrogen-bond donors (Lipinski definition) is 1. The normalized spacial score (nSPS) is 21.8. The number of benzene rings is 2. The van der Waals surface area contributed by atoms with Crippen molar-refractivity contribution in [2.24, 2.45) is 0 Å². The first-order chi connectivity index (χ1) is 16.4. The summed E-state index contributed by atoms with van der Waals surface area (Å²) < 4.78 is 23.9. The highest BCUT2D eigenvalue weighted by molar-refractivity contribution is 6.99. The summed E-state index contributed by atoms with van der Waals surface area (Å²) >= 11 is 0. The van der Waals surface area contributed by atoms with E-state index in [1.807, 2.05) is 60.7 Å². The molecule has 0 radical (unpaired) electrons. The van der Waals surface area contributed by atoms with Crippen molar-refractivity contribution in [1.82, 2.24) is 0 Å². The molecule has 0 saturated carbocycles. The molecular formula is C27H36O7Si. The molecule has 1 N–H and O–H groups in total. The smallest absolute Gasteiger partial charge is 0.334 e. The van der Waals surface area contributed by atoms with Crippen LogP contribution >= 0.6 is 0 Å². The van der Waals surface area contributed by atoms with Crippen molar-refractivity contribution in [2.45, 2.75) is 76.3 Å². The Balaban J connectivity index is 2.19. The second-order valence-electron chi connectivity index (χ2n) is 10.3. The lowest BCUT2D eigenvalue weighted by Crippen LogP contribution is -2.69. The minimum atomic E-state index is -3.10. The molecule has 0 spiro atoms. The first kappa shape index (κ1) is 27.2. The highest BCUT2D eigenvalue weighted by Crippen LogP contribution is 2.40. The van der Waals surface area contributed by atoms with Crippen LogP contribution in [0.4, 0.5) is 0 Å². The molecule has 0 bridgehead atoms. The molecule has 1 unspecified atom stereocenters. The van der Waals surface area contributed by atoms with E-state index in [0.717, 1.165) is 10.4 Å². The highest BCUT2D eigenvalue weighted by atomic mass is 28.4. The molecule has 0 amide bonds. The number of aldehydes is 1. The van der Waals surface area contributed by atoms with Gasteiger partial charge in [-0.15, -0.1) is 0 Å². The molecule has 190 valence electrons. The molecule has 7 nitrogen and oxygen atoms in total. The first-order valence-corrected chi connectivity index (χ1v) is 13.7. The highest BCUT2D eigenvalue weighted by Gasteiger charge is 2.55. The van der Waals surface area contributed by atoms with Crippen LogP contribution in [0.15, 0.2) is 60.7 Å². The van der Waals surface area contributed by atoms with E-state index in [4.69, 9.17) is 18.6 Å². The predicted molar refractivity (Wildman–Crippen MR) is 135 cm³/mol. The van der Waals surface area contributed by atoms with E-state index >= 15 is 0 Å². The second kappa shape index (κ2) is 10.7. The number of hydrogen-bond acceptors (Lipinski definition) is 7. The predicted octanol–water partition coefficient (Wildman–Crippen LogP) is 2.57.